The number of hydrogen-bond acceptors (Lipinski definition) is 5. The SMILES string of the molecule is CC(C)NC(=O)CN(CC(=O)Nc1ccc(Oc2ccc(C(C)C)cc2)cc1)C(=O)c1cc2cccc(C#N)c2[nH]1. The van der Waals surface area contributed by atoms with Gasteiger partial charge < -0.3 is 25.3 Å². The number of para-hydroxylation sites is 1. The van der Waals surface area contributed by atoms with E-state index in [4.69, 9.17) is 4.74 Å². The summed E-state index contributed by atoms with van der Waals surface area (Å²) in [5.41, 5.74) is 2.83. The highest BCUT2D eigenvalue weighted by molar-refractivity contribution is 6.03. The maximum absolute atomic E-state index is 13.4. The Morgan fingerprint density at radius 1 is 0.902 bits per heavy atom. The molecule has 0 aliphatic carbocycles. The fourth-order valence-electron chi connectivity index (χ4n) is 4.31. The van der Waals surface area contributed by atoms with Crippen molar-refractivity contribution in [3.8, 4) is 17.6 Å². The minimum Gasteiger partial charge on any atom is -0.457 e. The molecule has 1 heterocycles. The van der Waals surface area contributed by atoms with Crippen molar-refractivity contribution in [1.82, 2.24) is 15.2 Å². The van der Waals surface area contributed by atoms with Gasteiger partial charge in [0.1, 0.15) is 36.4 Å². The quantitative estimate of drug-likeness (QED) is 0.238. The maximum atomic E-state index is 13.4. The van der Waals surface area contributed by atoms with Crippen molar-refractivity contribution in [3.63, 3.8) is 0 Å². The average Bonchev–Trinajstić information content (AvgIpc) is 3.38. The van der Waals surface area contributed by atoms with Crippen LogP contribution in [0.15, 0.2) is 72.8 Å². The van der Waals surface area contributed by atoms with E-state index in [-0.39, 0.29) is 24.8 Å². The Balaban J connectivity index is 1.45. The molecule has 0 bridgehead atoms. The molecule has 1 aromatic heterocycles. The zero-order chi connectivity index (χ0) is 29.5. The molecule has 3 N–H and O–H groups in total. The Labute approximate surface area is 239 Å². The van der Waals surface area contributed by atoms with E-state index in [0.29, 0.717) is 39.6 Å². The van der Waals surface area contributed by atoms with E-state index in [2.05, 4.69) is 35.5 Å². The predicted molar refractivity (Wildman–Crippen MR) is 158 cm³/mol. The molecule has 0 unspecified atom stereocenters. The second-order valence-corrected chi connectivity index (χ2v) is 10.3. The van der Waals surface area contributed by atoms with Gasteiger partial charge in [-0.15, -0.1) is 0 Å². The minimum absolute atomic E-state index is 0.131. The topological polar surface area (TPSA) is 127 Å². The number of amides is 3. The summed E-state index contributed by atoms with van der Waals surface area (Å²) in [7, 11) is 0. The number of aromatic nitrogens is 1. The highest BCUT2D eigenvalue weighted by Crippen LogP contribution is 2.25. The Hall–Kier alpha value is -5.10. The summed E-state index contributed by atoms with van der Waals surface area (Å²) in [4.78, 5) is 43.1. The first-order valence-electron chi connectivity index (χ1n) is 13.4. The predicted octanol–water partition coefficient (Wildman–Crippen LogP) is 5.56. The van der Waals surface area contributed by atoms with Crippen molar-refractivity contribution in [3.05, 3.63) is 89.6 Å². The van der Waals surface area contributed by atoms with E-state index in [1.165, 1.54) is 10.5 Å². The van der Waals surface area contributed by atoms with Crippen molar-refractivity contribution < 1.29 is 19.1 Å². The molecule has 0 aliphatic rings. The molecule has 0 saturated carbocycles. The molecular weight excluding hydrogens is 518 g/mol. The largest absolute Gasteiger partial charge is 0.457 e. The molecule has 4 rings (SSSR count). The van der Waals surface area contributed by atoms with Gasteiger partial charge in [0.15, 0.2) is 0 Å². The first-order valence-corrected chi connectivity index (χ1v) is 13.4. The lowest BCUT2D eigenvalue weighted by molar-refractivity contribution is -0.123. The van der Waals surface area contributed by atoms with Crippen LogP contribution in [0.3, 0.4) is 0 Å². The molecule has 3 amide bonds. The number of benzene rings is 3. The third-order valence-electron chi connectivity index (χ3n) is 6.33. The molecule has 41 heavy (non-hydrogen) atoms. The first-order chi connectivity index (χ1) is 19.6. The van der Waals surface area contributed by atoms with E-state index >= 15 is 0 Å². The Morgan fingerprint density at radius 3 is 2.15 bits per heavy atom. The van der Waals surface area contributed by atoms with Gasteiger partial charge in [-0.05, 0) is 73.9 Å². The molecule has 4 aromatic rings. The number of carbonyl (C=O) groups is 3. The third-order valence-corrected chi connectivity index (χ3v) is 6.33. The molecule has 0 atom stereocenters. The summed E-state index contributed by atoms with van der Waals surface area (Å²) < 4.78 is 5.90. The Morgan fingerprint density at radius 2 is 1.54 bits per heavy atom. The molecule has 3 aromatic carbocycles. The summed E-state index contributed by atoms with van der Waals surface area (Å²) >= 11 is 0. The van der Waals surface area contributed by atoms with E-state index in [0.717, 1.165) is 0 Å². The maximum Gasteiger partial charge on any atom is 0.271 e. The molecule has 0 fully saturated rings. The Bertz CT molecular complexity index is 1580. The van der Waals surface area contributed by atoms with Crippen LogP contribution in [0.1, 0.15) is 55.2 Å². The van der Waals surface area contributed by atoms with Crippen molar-refractivity contribution in [2.45, 2.75) is 39.7 Å². The van der Waals surface area contributed by atoms with Gasteiger partial charge in [-0.2, -0.15) is 5.26 Å². The standard InChI is InChI=1S/C32H33N5O4/c1-20(2)22-8-12-26(13-9-22)41-27-14-10-25(11-15-27)35-30(39)19-37(18-29(38)34-21(3)4)32(40)28-16-23-6-5-7-24(17-33)31(23)36-28/h5-16,20-21,36H,18-19H2,1-4H3,(H,34,38)(H,35,39). The van der Waals surface area contributed by atoms with Crippen LogP contribution in [0.4, 0.5) is 5.69 Å². The normalized spacial score (nSPS) is 10.9. The monoisotopic (exact) mass is 551 g/mol. The number of nitrogens with zero attached hydrogens (tertiary/aromatic N) is 2. The molecule has 0 saturated heterocycles. The highest BCUT2D eigenvalue weighted by Gasteiger charge is 2.24. The van der Waals surface area contributed by atoms with Crippen LogP contribution < -0.4 is 15.4 Å². The average molecular weight is 552 g/mol. The lowest BCUT2D eigenvalue weighted by Gasteiger charge is -2.22. The van der Waals surface area contributed by atoms with Gasteiger partial charge in [-0.1, -0.05) is 38.1 Å². The van der Waals surface area contributed by atoms with Crippen LogP contribution in [0.2, 0.25) is 0 Å². The smallest absolute Gasteiger partial charge is 0.271 e. The second kappa shape index (κ2) is 12.8. The number of H-pyrrole nitrogens is 1. The molecule has 0 aliphatic heterocycles. The van der Waals surface area contributed by atoms with Crippen molar-refractivity contribution in [1.29, 1.82) is 5.26 Å². The third kappa shape index (κ3) is 7.51. The number of nitriles is 1. The van der Waals surface area contributed by atoms with Gasteiger partial charge >= 0.3 is 0 Å². The zero-order valence-corrected chi connectivity index (χ0v) is 23.5. The summed E-state index contributed by atoms with van der Waals surface area (Å²) in [6.45, 7) is 7.22. The molecule has 0 radical (unpaired) electrons. The Kier molecular flexibility index (Phi) is 9.05. The lowest BCUT2D eigenvalue weighted by atomic mass is 10.0. The van der Waals surface area contributed by atoms with Crippen LogP contribution in [0, 0.1) is 11.3 Å². The van der Waals surface area contributed by atoms with Crippen molar-refractivity contribution in [2.24, 2.45) is 0 Å². The molecule has 9 nitrogen and oxygen atoms in total. The number of ether oxygens (including phenoxy) is 1. The van der Waals surface area contributed by atoms with Gasteiger partial charge in [0.25, 0.3) is 5.91 Å². The molecule has 0 spiro atoms. The van der Waals surface area contributed by atoms with Gasteiger partial charge in [0, 0.05) is 17.1 Å². The number of fused-ring (bicyclic) bond motifs is 1. The fourth-order valence-corrected chi connectivity index (χ4v) is 4.31. The number of rotatable bonds is 10. The van der Waals surface area contributed by atoms with Gasteiger partial charge in [0.2, 0.25) is 11.8 Å². The molecular formula is C32H33N5O4. The van der Waals surface area contributed by atoms with Gasteiger partial charge in [0.05, 0.1) is 11.1 Å². The highest BCUT2D eigenvalue weighted by atomic mass is 16.5. The number of anilines is 1. The lowest BCUT2D eigenvalue weighted by Crippen LogP contribution is -2.45. The summed E-state index contributed by atoms with van der Waals surface area (Å²) in [5.74, 6) is 0.352. The van der Waals surface area contributed by atoms with Crippen LogP contribution in [-0.4, -0.2) is 46.7 Å². The van der Waals surface area contributed by atoms with Crippen LogP contribution >= 0.6 is 0 Å². The van der Waals surface area contributed by atoms with Gasteiger partial charge in [-0.3, -0.25) is 14.4 Å². The second-order valence-electron chi connectivity index (χ2n) is 10.3. The van der Waals surface area contributed by atoms with E-state index < -0.39 is 17.7 Å². The van der Waals surface area contributed by atoms with Crippen molar-refractivity contribution in [2.75, 3.05) is 18.4 Å². The minimum atomic E-state index is -0.536. The number of nitrogens with one attached hydrogen (secondary N) is 3. The molecule has 210 valence electrons. The van der Waals surface area contributed by atoms with Crippen LogP contribution in [-0.2, 0) is 9.59 Å². The summed E-state index contributed by atoms with van der Waals surface area (Å²) in [6, 6.07) is 23.5. The van der Waals surface area contributed by atoms with E-state index in [1.54, 1.807) is 48.5 Å². The molecule has 9 heteroatoms. The number of carbonyl (C=O) groups excluding carboxylic acids is 3. The first kappa shape index (κ1) is 28.9. The zero-order valence-electron chi connectivity index (χ0n) is 23.5. The van der Waals surface area contributed by atoms with Crippen LogP contribution in [0.25, 0.3) is 10.9 Å². The number of aromatic amines is 1. The summed E-state index contributed by atoms with van der Waals surface area (Å²) in [5, 5.41) is 15.6. The number of hydrogen-bond donors (Lipinski definition) is 3. The van der Waals surface area contributed by atoms with Crippen LogP contribution in [0.5, 0.6) is 11.5 Å². The van der Waals surface area contributed by atoms with E-state index in [9.17, 15) is 19.6 Å². The van der Waals surface area contributed by atoms with Gasteiger partial charge in [-0.25, -0.2) is 0 Å². The summed E-state index contributed by atoms with van der Waals surface area (Å²) in [6.07, 6.45) is 0. The van der Waals surface area contributed by atoms with E-state index in [1.807, 2.05) is 38.1 Å². The fraction of sp³-hybridized carbons (Fsp3) is 0.250. The van der Waals surface area contributed by atoms with Crippen molar-refractivity contribution >= 4 is 34.3 Å².